The lowest BCUT2D eigenvalue weighted by Gasteiger charge is -2.13. The maximum absolute atomic E-state index is 12.2. The highest BCUT2D eigenvalue weighted by molar-refractivity contribution is 7.89. The van der Waals surface area contributed by atoms with Crippen LogP contribution in [0, 0.1) is 6.92 Å². The van der Waals surface area contributed by atoms with Crippen molar-refractivity contribution < 1.29 is 22.7 Å². The van der Waals surface area contributed by atoms with Crippen molar-refractivity contribution >= 4 is 15.9 Å². The van der Waals surface area contributed by atoms with Gasteiger partial charge in [-0.2, -0.15) is 0 Å². The van der Waals surface area contributed by atoms with Crippen molar-refractivity contribution in [1.82, 2.24) is 10.0 Å². The number of rotatable bonds is 9. The Morgan fingerprint density at radius 1 is 1.11 bits per heavy atom. The zero-order valence-electron chi connectivity index (χ0n) is 16.5. The van der Waals surface area contributed by atoms with Crippen molar-refractivity contribution in [3.05, 3.63) is 53.6 Å². The highest BCUT2D eigenvalue weighted by atomic mass is 32.2. The van der Waals surface area contributed by atoms with Gasteiger partial charge in [-0.05, 0) is 50.6 Å². The van der Waals surface area contributed by atoms with E-state index in [0.717, 1.165) is 5.56 Å². The van der Waals surface area contributed by atoms with Gasteiger partial charge in [-0.1, -0.05) is 18.2 Å². The second kappa shape index (κ2) is 9.57. The molecule has 0 aliphatic carbocycles. The van der Waals surface area contributed by atoms with Crippen LogP contribution in [0.3, 0.4) is 0 Å². The van der Waals surface area contributed by atoms with Gasteiger partial charge in [0.1, 0.15) is 11.5 Å². The zero-order valence-corrected chi connectivity index (χ0v) is 17.3. The Balaban J connectivity index is 1.94. The predicted octanol–water partition coefficient (Wildman–Crippen LogP) is 2.39. The number of para-hydroxylation sites is 1. The number of methoxy groups -OCH3 is 1. The number of hydrogen-bond donors (Lipinski definition) is 2. The maximum atomic E-state index is 12.2. The van der Waals surface area contributed by atoms with Crippen LogP contribution in [0.15, 0.2) is 47.4 Å². The molecule has 152 valence electrons. The molecule has 0 radical (unpaired) electrons. The highest BCUT2D eigenvalue weighted by Crippen LogP contribution is 2.22. The van der Waals surface area contributed by atoms with Gasteiger partial charge in [0.2, 0.25) is 10.0 Å². The van der Waals surface area contributed by atoms with E-state index < -0.39 is 10.0 Å². The molecule has 7 nitrogen and oxygen atoms in total. The lowest BCUT2D eigenvalue weighted by atomic mass is 10.2. The number of sulfonamides is 1. The molecule has 2 rings (SSSR count). The van der Waals surface area contributed by atoms with Crippen LogP contribution in [-0.2, 0) is 21.4 Å². The summed E-state index contributed by atoms with van der Waals surface area (Å²) in [6.07, 6.45) is 0. The molecule has 8 heteroatoms. The van der Waals surface area contributed by atoms with Gasteiger partial charge in [-0.3, -0.25) is 4.79 Å². The second-order valence-corrected chi connectivity index (χ2v) is 8.29. The molecule has 0 bridgehead atoms. The van der Waals surface area contributed by atoms with Crippen molar-refractivity contribution in [2.75, 3.05) is 13.7 Å². The maximum Gasteiger partial charge on any atom is 0.258 e. The van der Waals surface area contributed by atoms with Gasteiger partial charge < -0.3 is 14.8 Å². The van der Waals surface area contributed by atoms with Crippen LogP contribution >= 0.6 is 0 Å². The van der Waals surface area contributed by atoms with Crippen molar-refractivity contribution in [1.29, 1.82) is 0 Å². The van der Waals surface area contributed by atoms with Crippen molar-refractivity contribution in [2.45, 2.75) is 38.3 Å². The van der Waals surface area contributed by atoms with Crippen molar-refractivity contribution in [2.24, 2.45) is 0 Å². The molecule has 0 unspecified atom stereocenters. The second-order valence-electron chi connectivity index (χ2n) is 6.58. The number of carbonyl (C=O) groups is 1. The van der Waals surface area contributed by atoms with Gasteiger partial charge in [0.25, 0.3) is 5.91 Å². The summed E-state index contributed by atoms with van der Waals surface area (Å²) in [5.74, 6) is 0.866. The molecule has 2 aromatic carbocycles. The Hall–Kier alpha value is -2.58. The smallest absolute Gasteiger partial charge is 0.258 e. The van der Waals surface area contributed by atoms with Crippen molar-refractivity contribution in [3.63, 3.8) is 0 Å². The first-order chi connectivity index (χ1) is 13.2. The van der Waals surface area contributed by atoms with E-state index >= 15 is 0 Å². The summed E-state index contributed by atoms with van der Waals surface area (Å²) in [4.78, 5) is 12.2. The minimum atomic E-state index is -3.57. The average Bonchev–Trinajstić information content (AvgIpc) is 2.64. The number of nitrogens with one attached hydrogen (secondary N) is 2. The van der Waals surface area contributed by atoms with E-state index in [-0.39, 0.29) is 23.5 Å². The predicted molar refractivity (Wildman–Crippen MR) is 107 cm³/mol. The lowest BCUT2D eigenvalue weighted by Crippen LogP contribution is -2.30. The monoisotopic (exact) mass is 406 g/mol. The number of amides is 1. The van der Waals surface area contributed by atoms with Gasteiger partial charge in [0, 0.05) is 18.2 Å². The molecule has 0 fully saturated rings. The molecule has 0 heterocycles. The van der Waals surface area contributed by atoms with E-state index in [1.54, 1.807) is 33.9 Å². The number of ether oxygens (including phenoxy) is 2. The normalized spacial score (nSPS) is 11.3. The van der Waals surface area contributed by atoms with E-state index in [2.05, 4.69) is 10.0 Å². The topological polar surface area (TPSA) is 93.7 Å². The molecule has 0 saturated heterocycles. The Labute approximate surface area is 166 Å². The van der Waals surface area contributed by atoms with E-state index in [9.17, 15) is 13.2 Å². The van der Waals surface area contributed by atoms with Crippen LogP contribution in [0.5, 0.6) is 11.5 Å². The van der Waals surface area contributed by atoms with Gasteiger partial charge in [-0.25, -0.2) is 13.1 Å². The Kier molecular flexibility index (Phi) is 7.42. The summed E-state index contributed by atoms with van der Waals surface area (Å²) < 4.78 is 37.7. The Bertz CT molecular complexity index is 926. The SMILES string of the molecule is COc1ccccc1CNC(=O)COc1ccc(S(=O)(=O)NC(C)C)cc1C. The molecule has 0 aromatic heterocycles. The van der Waals surface area contributed by atoms with Crippen LogP contribution in [0.25, 0.3) is 0 Å². The first kappa shape index (κ1) is 21.7. The number of hydrogen-bond acceptors (Lipinski definition) is 5. The van der Waals surface area contributed by atoms with Crippen LogP contribution in [0.2, 0.25) is 0 Å². The van der Waals surface area contributed by atoms with Crippen LogP contribution in [0.1, 0.15) is 25.0 Å². The summed E-state index contributed by atoms with van der Waals surface area (Å²) in [7, 11) is -2.00. The van der Waals surface area contributed by atoms with Gasteiger partial charge in [0.15, 0.2) is 6.61 Å². The minimum Gasteiger partial charge on any atom is -0.496 e. The molecule has 0 aliphatic rings. The Morgan fingerprint density at radius 2 is 1.82 bits per heavy atom. The van der Waals surface area contributed by atoms with E-state index in [0.29, 0.717) is 23.6 Å². The fraction of sp³-hybridized carbons (Fsp3) is 0.350. The molecule has 0 spiro atoms. The van der Waals surface area contributed by atoms with Crippen LogP contribution in [0.4, 0.5) is 0 Å². The fourth-order valence-electron chi connectivity index (χ4n) is 2.57. The molecular formula is C20H26N2O5S. The summed E-state index contributed by atoms with van der Waals surface area (Å²) in [6.45, 7) is 5.39. The summed E-state index contributed by atoms with van der Waals surface area (Å²) in [6, 6.07) is 11.8. The third kappa shape index (κ3) is 5.97. The first-order valence-corrected chi connectivity index (χ1v) is 10.4. The zero-order chi connectivity index (χ0) is 20.7. The average molecular weight is 407 g/mol. The van der Waals surface area contributed by atoms with Gasteiger partial charge >= 0.3 is 0 Å². The first-order valence-electron chi connectivity index (χ1n) is 8.87. The Morgan fingerprint density at radius 3 is 2.46 bits per heavy atom. The minimum absolute atomic E-state index is 0.159. The van der Waals surface area contributed by atoms with Crippen LogP contribution in [-0.4, -0.2) is 34.1 Å². The molecule has 0 atom stereocenters. The summed E-state index contributed by atoms with van der Waals surface area (Å²) in [5, 5.41) is 2.77. The molecule has 2 N–H and O–H groups in total. The molecule has 0 saturated carbocycles. The van der Waals surface area contributed by atoms with Crippen LogP contribution < -0.4 is 19.5 Å². The largest absolute Gasteiger partial charge is 0.496 e. The third-order valence-electron chi connectivity index (χ3n) is 3.87. The summed E-state index contributed by atoms with van der Waals surface area (Å²) in [5.41, 5.74) is 1.49. The number of aryl methyl sites for hydroxylation is 1. The number of carbonyl (C=O) groups excluding carboxylic acids is 1. The van der Waals surface area contributed by atoms with Crippen molar-refractivity contribution in [3.8, 4) is 11.5 Å². The standard InChI is InChI=1S/C20H26N2O5S/c1-14(2)22-28(24,25)17-9-10-18(15(3)11-17)27-13-20(23)21-12-16-7-5-6-8-19(16)26-4/h5-11,14,22H,12-13H2,1-4H3,(H,21,23). The molecule has 0 aliphatic heterocycles. The molecule has 28 heavy (non-hydrogen) atoms. The molecule has 2 aromatic rings. The summed E-state index contributed by atoms with van der Waals surface area (Å²) >= 11 is 0. The van der Waals surface area contributed by atoms with Gasteiger partial charge in [0.05, 0.1) is 12.0 Å². The van der Waals surface area contributed by atoms with Gasteiger partial charge in [-0.15, -0.1) is 0 Å². The highest BCUT2D eigenvalue weighted by Gasteiger charge is 2.17. The van der Waals surface area contributed by atoms with E-state index in [1.807, 2.05) is 24.3 Å². The number of benzene rings is 2. The third-order valence-corrected chi connectivity index (χ3v) is 5.53. The van der Waals surface area contributed by atoms with E-state index in [1.165, 1.54) is 12.1 Å². The van der Waals surface area contributed by atoms with E-state index in [4.69, 9.17) is 9.47 Å². The lowest BCUT2D eigenvalue weighted by molar-refractivity contribution is -0.123. The molecular weight excluding hydrogens is 380 g/mol. The molecule has 1 amide bonds. The fourth-order valence-corrected chi connectivity index (χ4v) is 3.90. The quantitative estimate of drug-likeness (QED) is 0.667.